The van der Waals surface area contributed by atoms with Crippen molar-refractivity contribution >= 4 is 23.3 Å². The lowest BCUT2D eigenvalue weighted by atomic mass is 10.1. The minimum absolute atomic E-state index is 0.146. The molecule has 1 aromatic rings. The van der Waals surface area contributed by atoms with Gasteiger partial charge in [-0.05, 0) is 25.1 Å². The average molecular weight is 229 g/mol. The highest BCUT2D eigenvalue weighted by molar-refractivity contribution is 6.34. The molecular formula is C9H10ClFN4. The Kier molecular flexibility index (Phi) is 3.62. The number of halogens is 2. The van der Waals surface area contributed by atoms with E-state index >= 15 is 0 Å². The first-order valence-electron chi connectivity index (χ1n) is 4.09. The molecule has 0 spiro atoms. The Morgan fingerprint density at radius 3 is 2.53 bits per heavy atom. The van der Waals surface area contributed by atoms with Gasteiger partial charge in [0.1, 0.15) is 5.82 Å². The molecule has 0 aliphatic carbocycles. The molecule has 0 aromatic heterocycles. The molecule has 80 valence electrons. The first-order valence-corrected chi connectivity index (χ1v) is 4.47. The summed E-state index contributed by atoms with van der Waals surface area (Å²) in [5.41, 5.74) is 11.3. The molecule has 0 saturated carbocycles. The molecule has 0 unspecified atom stereocenters. The van der Waals surface area contributed by atoms with E-state index in [1.165, 1.54) is 18.2 Å². The molecule has 4 N–H and O–H groups in total. The predicted molar refractivity (Wildman–Crippen MR) is 59.4 cm³/mol. The van der Waals surface area contributed by atoms with Crippen molar-refractivity contribution in [3.05, 3.63) is 34.6 Å². The standard InChI is InChI=1S/C9H10ClFN4/c1-5(14-15-9(12)13)7-3-2-6(11)4-8(7)10/h2-4H,1H3,(H4,12,13,15). The van der Waals surface area contributed by atoms with Crippen LogP contribution in [-0.2, 0) is 0 Å². The van der Waals surface area contributed by atoms with Gasteiger partial charge in [-0.3, -0.25) is 0 Å². The summed E-state index contributed by atoms with van der Waals surface area (Å²) >= 11 is 5.81. The second kappa shape index (κ2) is 4.75. The van der Waals surface area contributed by atoms with Crippen LogP contribution in [0.5, 0.6) is 0 Å². The lowest BCUT2D eigenvalue weighted by Crippen LogP contribution is -2.22. The van der Waals surface area contributed by atoms with Crippen LogP contribution in [0, 0.1) is 5.82 Å². The van der Waals surface area contributed by atoms with E-state index in [9.17, 15) is 4.39 Å². The van der Waals surface area contributed by atoms with Gasteiger partial charge in [-0.25, -0.2) is 4.39 Å². The summed E-state index contributed by atoms with van der Waals surface area (Å²) in [5, 5.41) is 7.47. The summed E-state index contributed by atoms with van der Waals surface area (Å²) in [7, 11) is 0. The van der Waals surface area contributed by atoms with Gasteiger partial charge in [0.25, 0.3) is 0 Å². The van der Waals surface area contributed by atoms with Crippen LogP contribution < -0.4 is 11.5 Å². The third-order valence-electron chi connectivity index (χ3n) is 1.64. The van der Waals surface area contributed by atoms with E-state index in [1.807, 2.05) is 0 Å². The summed E-state index contributed by atoms with van der Waals surface area (Å²) in [5.74, 6) is -0.550. The third-order valence-corrected chi connectivity index (χ3v) is 1.95. The van der Waals surface area contributed by atoms with Crippen molar-refractivity contribution in [2.75, 3.05) is 0 Å². The van der Waals surface area contributed by atoms with Gasteiger partial charge in [0.15, 0.2) is 0 Å². The number of hydrogen-bond donors (Lipinski definition) is 2. The van der Waals surface area contributed by atoms with Crippen LogP contribution in [0.4, 0.5) is 4.39 Å². The highest BCUT2D eigenvalue weighted by atomic mass is 35.5. The molecule has 0 heterocycles. The SMILES string of the molecule is CC(=NN=C(N)N)c1ccc(F)cc1Cl. The highest BCUT2D eigenvalue weighted by Crippen LogP contribution is 2.18. The maximum atomic E-state index is 12.7. The summed E-state index contributed by atoms with van der Waals surface area (Å²) in [6.07, 6.45) is 0. The number of guanidine groups is 1. The Bertz CT molecular complexity index is 424. The lowest BCUT2D eigenvalue weighted by Gasteiger charge is -2.01. The number of benzene rings is 1. The Labute approximate surface area is 91.4 Å². The highest BCUT2D eigenvalue weighted by Gasteiger charge is 2.04. The van der Waals surface area contributed by atoms with E-state index < -0.39 is 5.82 Å². The van der Waals surface area contributed by atoms with Crippen molar-refractivity contribution in [2.24, 2.45) is 21.7 Å². The van der Waals surface area contributed by atoms with E-state index in [-0.39, 0.29) is 11.0 Å². The van der Waals surface area contributed by atoms with Crippen molar-refractivity contribution in [3.63, 3.8) is 0 Å². The van der Waals surface area contributed by atoms with Gasteiger partial charge in [0, 0.05) is 5.56 Å². The molecule has 15 heavy (non-hydrogen) atoms. The van der Waals surface area contributed by atoms with Crippen LogP contribution in [0.2, 0.25) is 5.02 Å². The summed E-state index contributed by atoms with van der Waals surface area (Å²) in [6, 6.07) is 4.00. The molecule has 0 fully saturated rings. The topological polar surface area (TPSA) is 76.8 Å². The summed E-state index contributed by atoms with van der Waals surface area (Å²) in [4.78, 5) is 0. The van der Waals surface area contributed by atoms with Gasteiger partial charge >= 0.3 is 0 Å². The Morgan fingerprint density at radius 1 is 1.33 bits per heavy atom. The Hall–Kier alpha value is -1.62. The monoisotopic (exact) mass is 228 g/mol. The smallest absolute Gasteiger partial charge is 0.211 e. The summed E-state index contributed by atoms with van der Waals surface area (Å²) in [6.45, 7) is 1.67. The minimum Gasteiger partial charge on any atom is -0.369 e. The maximum Gasteiger partial charge on any atom is 0.211 e. The van der Waals surface area contributed by atoms with Gasteiger partial charge in [-0.15, -0.1) is 5.10 Å². The molecule has 4 nitrogen and oxygen atoms in total. The number of nitrogens with two attached hydrogens (primary N) is 2. The second-order valence-corrected chi connectivity index (χ2v) is 3.24. The minimum atomic E-state index is -0.404. The molecule has 0 aliphatic heterocycles. The quantitative estimate of drug-likeness (QED) is 0.457. The zero-order valence-corrected chi connectivity index (χ0v) is 8.79. The van der Waals surface area contributed by atoms with Gasteiger partial charge in [0.05, 0.1) is 10.7 Å². The largest absolute Gasteiger partial charge is 0.369 e. The van der Waals surface area contributed by atoms with Gasteiger partial charge in [-0.1, -0.05) is 11.6 Å². The molecule has 0 saturated heterocycles. The van der Waals surface area contributed by atoms with E-state index in [0.29, 0.717) is 11.3 Å². The number of nitrogens with zero attached hydrogens (tertiary/aromatic N) is 2. The molecule has 0 radical (unpaired) electrons. The van der Waals surface area contributed by atoms with Gasteiger partial charge in [0.2, 0.25) is 5.96 Å². The van der Waals surface area contributed by atoms with Gasteiger partial charge < -0.3 is 11.5 Å². The van der Waals surface area contributed by atoms with Crippen LogP contribution in [-0.4, -0.2) is 11.7 Å². The second-order valence-electron chi connectivity index (χ2n) is 2.83. The fraction of sp³-hybridized carbons (Fsp3) is 0.111. The molecule has 1 aromatic carbocycles. The normalized spacial score (nSPS) is 11.3. The number of rotatable bonds is 2. The van der Waals surface area contributed by atoms with E-state index in [1.54, 1.807) is 6.92 Å². The van der Waals surface area contributed by atoms with Crippen LogP contribution in [0.1, 0.15) is 12.5 Å². The molecule has 0 bridgehead atoms. The third kappa shape index (κ3) is 3.21. The molecular weight excluding hydrogens is 219 g/mol. The van der Waals surface area contributed by atoms with E-state index in [2.05, 4.69) is 10.2 Å². The van der Waals surface area contributed by atoms with Crippen LogP contribution in [0.15, 0.2) is 28.4 Å². The average Bonchev–Trinajstić information content (AvgIpc) is 2.14. The van der Waals surface area contributed by atoms with Crippen molar-refractivity contribution in [3.8, 4) is 0 Å². The molecule has 1 rings (SSSR count). The fourth-order valence-electron chi connectivity index (χ4n) is 0.969. The van der Waals surface area contributed by atoms with E-state index in [0.717, 1.165) is 0 Å². The molecule has 0 atom stereocenters. The Balaban J connectivity index is 3.06. The zero-order chi connectivity index (χ0) is 11.4. The maximum absolute atomic E-state index is 12.7. The van der Waals surface area contributed by atoms with Crippen LogP contribution in [0.25, 0.3) is 0 Å². The molecule has 0 amide bonds. The Morgan fingerprint density at radius 2 is 2.00 bits per heavy atom. The van der Waals surface area contributed by atoms with Crippen LogP contribution in [0.3, 0.4) is 0 Å². The van der Waals surface area contributed by atoms with Crippen molar-refractivity contribution in [1.29, 1.82) is 0 Å². The summed E-state index contributed by atoms with van der Waals surface area (Å²) < 4.78 is 12.7. The number of hydrogen-bond acceptors (Lipinski definition) is 2. The van der Waals surface area contributed by atoms with Gasteiger partial charge in [-0.2, -0.15) is 5.10 Å². The van der Waals surface area contributed by atoms with Crippen molar-refractivity contribution in [2.45, 2.75) is 6.92 Å². The lowest BCUT2D eigenvalue weighted by molar-refractivity contribution is 0.628. The van der Waals surface area contributed by atoms with Crippen molar-refractivity contribution in [1.82, 2.24) is 0 Å². The molecule has 0 aliphatic rings. The fourth-order valence-corrected chi connectivity index (χ4v) is 1.27. The van der Waals surface area contributed by atoms with Crippen molar-refractivity contribution < 1.29 is 4.39 Å². The van der Waals surface area contributed by atoms with Crippen LogP contribution >= 0.6 is 11.6 Å². The first kappa shape index (κ1) is 11.5. The molecule has 6 heteroatoms. The first-order chi connectivity index (χ1) is 7.00. The zero-order valence-electron chi connectivity index (χ0n) is 8.04. The predicted octanol–water partition coefficient (Wildman–Crippen LogP) is 1.48. The van der Waals surface area contributed by atoms with E-state index in [4.69, 9.17) is 23.1 Å².